The van der Waals surface area contributed by atoms with Gasteiger partial charge in [-0.3, -0.25) is 4.57 Å². The highest BCUT2D eigenvalue weighted by Crippen LogP contribution is 2.29. The van der Waals surface area contributed by atoms with Crippen molar-refractivity contribution in [1.82, 2.24) is 14.3 Å². The van der Waals surface area contributed by atoms with Gasteiger partial charge in [-0.25, -0.2) is 9.48 Å². The second kappa shape index (κ2) is 3.73. The first-order valence-corrected chi connectivity index (χ1v) is 6.16. The molecule has 1 unspecified atom stereocenters. The molecule has 1 fully saturated rings. The molecular weight excluding hydrogens is 204 g/mol. The van der Waals surface area contributed by atoms with Crippen LogP contribution in [0.5, 0.6) is 0 Å². The van der Waals surface area contributed by atoms with E-state index in [2.05, 4.69) is 5.10 Å². The minimum absolute atomic E-state index is 0.0657. The summed E-state index contributed by atoms with van der Waals surface area (Å²) in [5, 5.41) is 4.44. The smallest absolute Gasteiger partial charge is 0.328 e. The van der Waals surface area contributed by atoms with Crippen LogP contribution in [-0.4, -0.2) is 20.4 Å². The van der Waals surface area contributed by atoms with Gasteiger partial charge < -0.3 is 5.73 Å². The molecule has 16 heavy (non-hydrogen) atoms. The van der Waals surface area contributed by atoms with E-state index < -0.39 is 0 Å². The Morgan fingerprint density at radius 2 is 2.12 bits per heavy atom. The summed E-state index contributed by atoms with van der Waals surface area (Å²) >= 11 is 0. The normalized spacial score (nSPS) is 25.2. The van der Waals surface area contributed by atoms with Crippen LogP contribution in [0.15, 0.2) is 4.79 Å². The van der Waals surface area contributed by atoms with Crippen LogP contribution < -0.4 is 11.4 Å². The van der Waals surface area contributed by atoms with Crippen LogP contribution in [-0.2, 0) is 19.5 Å². The summed E-state index contributed by atoms with van der Waals surface area (Å²) in [6.07, 6.45) is 5.18. The Labute approximate surface area is 94.2 Å². The van der Waals surface area contributed by atoms with E-state index in [9.17, 15) is 4.79 Å². The minimum Gasteiger partial charge on any atom is -0.328 e. The first-order chi connectivity index (χ1) is 7.74. The number of hydrogen-bond donors (Lipinski definition) is 1. The lowest BCUT2D eigenvalue weighted by atomic mass is 10.1. The third kappa shape index (κ3) is 1.80. The molecule has 1 aliphatic heterocycles. The molecule has 3 rings (SSSR count). The predicted octanol–water partition coefficient (Wildman–Crippen LogP) is 0.118. The van der Waals surface area contributed by atoms with Gasteiger partial charge in [-0.05, 0) is 31.6 Å². The van der Waals surface area contributed by atoms with Crippen LogP contribution in [0.3, 0.4) is 0 Å². The average Bonchev–Trinajstić information content (AvgIpc) is 3.03. The molecule has 0 radical (unpaired) electrons. The zero-order valence-electron chi connectivity index (χ0n) is 9.43. The van der Waals surface area contributed by atoms with Crippen molar-refractivity contribution in [1.29, 1.82) is 0 Å². The Kier molecular flexibility index (Phi) is 2.35. The van der Waals surface area contributed by atoms with Gasteiger partial charge in [0.15, 0.2) is 0 Å². The van der Waals surface area contributed by atoms with Gasteiger partial charge in [-0.2, -0.15) is 5.10 Å². The zero-order chi connectivity index (χ0) is 11.1. The molecule has 1 aliphatic carbocycles. The molecule has 1 aromatic rings. The molecule has 5 heteroatoms. The van der Waals surface area contributed by atoms with E-state index in [-0.39, 0.29) is 11.7 Å². The van der Waals surface area contributed by atoms with Gasteiger partial charge in [0, 0.05) is 25.6 Å². The van der Waals surface area contributed by atoms with Gasteiger partial charge in [0.05, 0.1) is 0 Å². The van der Waals surface area contributed by atoms with E-state index in [4.69, 9.17) is 5.73 Å². The van der Waals surface area contributed by atoms with Crippen molar-refractivity contribution in [3.8, 4) is 0 Å². The zero-order valence-corrected chi connectivity index (χ0v) is 9.43. The number of nitrogens with zero attached hydrogens (tertiary/aromatic N) is 3. The van der Waals surface area contributed by atoms with E-state index >= 15 is 0 Å². The molecule has 2 N–H and O–H groups in total. The van der Waals surface area contributed by atoms with Crippen LogP contribution >= 0.6 is 0 Å². The van der Waals surface area contributed by atoms with Crippen molar-refractivity contribution in [2.45, 2.75) is 51.2 Å². The maximum atomic E-state index is 12.1. The van der Waals surface area contributed by atoms with E-state index in [0.29, 0.717) is 5.92 Å². The standard InChI is InChI=1S/C11H18N4O/c12-9-3-4-10-13-15(7-8-1-2-8)11(16)14(10)6-5-9/h8-9H,1-7,12H2. The molecule has 5 nitrogen and oxygen atoms in total. The maximum Gasteiger partial charge on any atom is 0.345 e. The summed E-state index contributed by atoms with van der Waals surface area (Å²) in [6.45, 7) is 1.55. The highest BCUT2D eigenvalue weighted by molar-refractivity contribution is 4.93. The summed E-state index contributed by atoms with van der Waals surface area (Å²) in [4.78, 5) is 12.1. The van der Waals surface area contributed by atoms with Crippen molar-refractivity contribution in [3.05, 3.63) is 16.3 Å². The van der Waals surface area contributed by atoms with Crippen LogP contribution in [0.25, 0.3) is 0 Å². The lowest BCUT2D eigenvalue weighted by Crippen LogP contribution is -2.27. The van der Waals surface area contributed by atoms with Crippen LogP contribution in [0.4, 0.5) is 0 Å². The summed E-state index contributed by atoms with van der Waals surface area (Å²) < 4.78 is 3.47. The monoisotopic (exact) mass is 222 g/mol. The Balaban J connectivity index is 1.88. The summed E-state index contributed by atoms with van der Waals surface area (Å²) in [7, 11) is 0. The predicted molar refractivity (Wildman–Crippen MR) is 60.1 cm³/mol. The number of rotatable bonds is 2. The van der Waals surface area contributed by atoms with Crippen LogP contribution in [0, 0.1) is 5.92 Å². The highest BCUT2D eigenvalue weighted by atomic mass is 16.2. The highest BCUT2D eigenvalue weighted by Gasteiger charge is 2.25. The first-order valence-electron chi connectivity index (χ1n) is 6.16. The fourth-order valence-corrected chi connectivity index (χ4v) is 2.31. The molecule has 0 bridgehead atoms. The number of aromatic nitrogens is 3. The largest absolute Gasteiger partial charge is 0.345 e. The van der Waals surface area contributed by atoms with Gasteiger partial charge in [-0.1, -0.05) is 0 Å². The van der Waals surface area contributed by atoms with Crippen LogP contribution in [0.1, 0.15) is 31.5 Å². The second-order valence-corrected chi connectivity index (χ2v) is 5.06. The molecule has 1 aromatic heterocycles. The van der Waals surface area contributed by atoms with E-state index in [1.165, 1.54) is 12.8 Å². The molecule has 2 heterocycles. The minimum atomic E-state index is 0.0657. The summed E-state index contributed by atoms with van der Waals surface area (Å²) in [5.74, 6) is 1.62. The maximum absolute atomic E-state index is 12.1. The second-order valence-electron chi connectivity index (χ2n) is 5.06. The number of nitrogens with two attached hydrogens (primary N) is 1. The van der Waals surface area contributed by atoms with Crippen LogP contribution in [0.2, 0.25) is 0 Å². The molecule has 0 aromatic carbocycles. The number of hydrogen-bond acceptors (Lipinski definition) is 3. The summed E-state index contributed by atoms with van der Waals surface area (Å²) in [6, 6.07) is 0.220. The quantitative estimate of drug-likeness (QED) is 0.773. The van der Waals surface area contributed by atoms with Crippen molar-refractivity contribution >= 4 is 0 Å². The SMILES string of the molecule is NC1CCc2nn(CC3CC3)c(=O)n2CC1. The van der Waals surface area contributed by atoms with Gasteiger partial charge in [0.25, 0.3) is 0 Å². The topological polar surface area (TPSA) is 65.8 Å². The van der Waals surface area contributed by atoms with Gasteiger partial charge in [-0.15, -0.1) is 0 Å². The van der Waals surface area contributed by atoms with Crippen molar-refractivity contribution in [2.75, 3.05) is 0 Å². The molecule has 1 atom stereocenters. The van der Waals surface area contributed by atoms with Gasteiger partial charge >= 0.3 is 5.69 Å². The van der Waals surface area contributed by atoms with E-state index in [1.807, 2.05) is 4.57 Å². The molecule has 88 valence electrons. The van der Waals surface area contributed by atoms with E-state index in [0.717, 1.165) is 38.2 Å². The number of fused-ring (bicyclic) bond motifs is 1. The molecular formula is C11H18N4O. The Morgan fingerprint density at radius 1 is 1.31 bits per heavy atom. The van der Waals surface area contributed by atoms with Gasteiger partial charge in [0.2, 0.25) is 0 Å². The summed E-state index contributed by atoms with van der Waals surface area (Å²) in [5.41, 5.74) is 5.97. The average molecular weight is 222 g/mol. The number of aryl methyl sites for hydroxylation is 1. The Hall–Kier alpha value is -1.10. The van der Waals surface area contributed by atoms with Gasteiger partial charge in [0.1, 0.15) is 5.82 Å². The Morgan fingerprint density at radius 3 is 2.88 bits per heavy atom. The molecule has 1 saturated carbocycles. The molecule has 0 saturated heterocycles. The third-order valence-corrected chi connectivity index (χ3v) is 3.59. The third-order valence-electron chi connectivity index (χ3n) is 3.59. The lowest BCUT2D eigenvalue weighted by molar-refractivity contribution is 0.505. The van der Waals surface area contributed by atoms with Crippen molar-refractivity contribution in [3.63, 3.8) is 0 Å². The molecule has 2 aliphatic rings. The molecule has 0 spiro atoms. The van der Waals surface area contributed by atoms with Crippen molar-refractivity contribution in [2.24, 2.45) is 11.7 Å². The van der Waals surface area contributed by atoms with E-state index in [1.54, 1.807) is 4.68 Å². The lowest BCUT2D eigenvalue weighted by Gasteiger charge is -2.04. The fraction of sp³-hybridized carbons (Fsp3) is 0.818. The Bertz CT molecular complexity index is 443. The fourth-order valence-electron chi connectivity index (χ4n) is 2.31. The van der Waals surface area contributed by atoms with Crippen molar-refractivity contribution < 1.29 is 0 Å². The molecule has 0 amide bonds. The first kappa shape index (κ1) is 10.1.